The van der Waals surface area contributed by atoms with Gasteiger partial charge in [0.1, 0.15) is 18.5 Å². The molecule has 3 rings (SSSR count). The van der Waals surface area contributed by atoms with Gasteiger partial charge in [-0.15, -0.1) is 6.42 Å². The van der Waals surface area contributed by atoms with Gasteiger partial charge in [0, 0.05) is 16.7 Å². The fraction of sp³-hybridized carbons (Fsp3) is 0.464. The third kappa shape index (κ3) is 6.16. The van der Waals surface area contributed by atoms with Crippen LogP contribution >= 0.6 is 0 Å². The summed E-state index contributed by atoms with van der Waals surface area (Å²) in [6, 6.07) is 10.5. The van der Waals surface area contributed by atoms with Gasteiger partial charge in [0.15, 0.2) is 0 Å². The van der Waals surface area contributed by atoms with Crippen LogP contribution in [0.4, 0.5) is 0 Å². The fourth-order valence-corrected chi connectivity index (χ4v) is 4.61. The highest BCUT2D eigenvalue weighted by Gasteiger charge is 2.33. The molecule has 0 radical (unpaired) electrons. The van der Waals surface area contributed by atoms with Crippen LogP contribution in [0.2, 0.25) is 0 Å². The Morgan fingerprint density at radius 2 is 1.76 bits per heavy atom. The largest absolute Gasteiger partial charge is 0.488 e. The number of benzene rings is 2. The summed E-state index contributed by atoms with van der Waals surface area (Å²) in [6.45, 7) is 6.33. The van der Waals surface area contributed by atoms with Crippen LogP contribution in [0, 0.1) is 30.1 Å². The fourth-order valence-electron chi connectivity index (χ4n) is 4.61. The quantitative estimate of drug-likeness (QED) is 0.444. The predicted molar refractivity (Wildman–Crippen MR) is 128 cm³/mol. The lowest BCUT2D eigenvalue weighted by molar-refractivity contribution is -0.0174. The van der Waals surface area contributed by atoms with E-state index in [0.717, 1.165) is 18.4 Å². The van der Waals surface area contributed by atoms with Crippen LogP contribution < -0.4 is 4.74 Å². The second-order valence-electron chi connectivity index (χ2n) is 9.34. The molecule has 1 fully saturated rings. The maximum atomic E-state index is 12.8. The van der Waals surface area contributed by atoms with Gasteiger partial charge in [0.05, 0.1) is 18.8 Å². The molecule has 0 saturated heterocycles. The summed E-state index contributed by atoms with van der Waals surface area (Å²) in [5.74, 6) is 4.10. The molecule has 0 unspecified atom stereocenters. The highest BCUT2D eigenvalue weighted by molar-refractivity contribution is 5.89. The van der Waals surface area contributed by atoms with Crippen LogP contribution in [0.25, 0.3) is 0 Å². The summed E-state index contributed by atoms with van der Waals surface area (Å²) < 4.78 is 11.8. The van der Waals surface area contributed by atoms with Crippen LogP contribution in [0.15, 0.2) is 36.4 Å². The molecule has 1 saturated carbocycles. The number of hydrogen-bond acceptors (Lipinski definition) is 5. The van der Waals surface area contributed by atoms with Crippen molar-refractivity contribution in [2.75, 3.05) is 0 Å². The van der Waals surface area contributed by atoms with E-state index >= 15 is 0 Å². The summed E-state index contributed by atoms with van der Waals surface area (Å²) in [4.78, 5) is 12.8. The zero-order valence-electron chi connectivity index (χ0n) is 19.7. The van der Waals surface area contributed by atoms with Gasteiger partial charge in [0.25, 0.3) is 0 Å². The van der Waals surface area contributed by atoms with Gasteiger partial charge in [-0.05, 0) is 60.4 Å². The molecule has 2 N–H and O–H groups in total. The van der Waals surface area contributed by atoms with Crippen molar-refractivity contribution in [2.45, 2.75) is 66.0 Å². The summed E-state index contributed by atoms with van der Waals surface area (Å²) >= 11 is 0. The van der Waals surface area contributed by atoms with Gasteiger partial charge in [0.2, 0.25) is 0 Å². The Bertz CT molecular complexity index is 961. The van der Waals surface area contributed by atoms with Crippen LogP contribution in [-0.2, 0) is 24.6 Å². The lowest BCUT2D eigenvalue weighted by Crippen LogP contribution is -2.35. The topological polar surface area (TPSA) is 76.0 Å². The number of terminal acetylenes is 1. The number of carbonyl (C=O) groups is 1. The van der Waals surface area contributed by atoms with E-state index < -0.39 is 0 Å². The number of hydrogen-bond donors (Lipinski definition) is 2. The monoisotopic (exact) mass is 450 g/mol. The van der Waals surface area contributed by atoms with Crippen molar-refractivity contribution in [3.8, 4) is 18.1 Å². The molecule has 5 heteroatoms. The second kappa shape index (κ2) is 11.4. The molecular formula is C28H34O5. The minimum Gasteiger partial charge on any atom is -0.488 e. The number of ether oxygens (including phenoxy) is 2. The van der Waals surface area contributed by atoms with Crippen molar-refractivity contribution in [2.24, 2.45) is 17.8 Å². The average molecular weight is 451 g/mol. The molecule has 0 amide bonds. The molecule has 0 bridgehead atoms. The number of aliphatic hydroxyl groups is 2. The van der Waals surface area contributed by atoms with Crippen molar-refractivity contribution in [3.63, 3.8) is 0 Å². The van der Waals surface area contributed by atoms with E-state index in [1.165, 1.54) is 6.42 Å². The number of carbonyl (C=O) groups excluding carboxylic acids is 1. The Morgan fingerprint density at radius 1 is 1.12 bits per heavy atom. The van der Waals surface area contributed by atoms with Gasteiger partial charge in [-0.25, -0.2) is 4.79 Å². The van der Waals surface area contributed by atoms with E-state index in [2.05, 4.69) is 26.7 Å². The number of rotatable bonds is 8. The highest BCUT2D eigenvalue weighted by Crippen LogP contribution is 2.35. The minimum absolute atomic E-state index is 0.0379. The zero-order chi connectivity index (χ0) is 24.0. The molecule has 1 aliphatic carbocycles. The van der Waals surface area contributed by atoms with E-state index in [1.54, 1.807) is 24.3 Å². The number of aliphatic hydroxyl groups excluding tert-OH is 2. The first kappa shape index (κ1) is 24.8. The summed E-state index contributed by atoms with van der Waals surface area (Å²) in [5, 5.41) is 19.4. The lowest BCUT2D eigenvalue weighted by atomic mass is 9.75. The van der Waals surface area contributed by atoms with Crippen molar-refractivity contribution in [1.82, 2.24) is 0 Å². The predicted octanol–water partition coefficient (Wildman–Crippen LogP) is 4.85. The first-order valence-electron chi connectivity index (χ1n) is 11.6. The average Bonchev–Trinajstić information content (AvgIpc) is 2.82. The molecule has 0 spiro atoms. The molecule has 3 atom stereocenters. The van der Waals surface area contributed by atoms with E-state index in [1.807, 2.05) is 12.1 Å². The Balaban J connectivity index is 1.66. The lowest BCUT2D eigenvalue weighted by Gasteiger charge is -2.36. The van der Waals surface area contributed by atoms with E-state index in [4.69, 9.17) is 15.9 Å². The molecule has 2 aromatic rings. The third-order valence-electron chi connectivity index (χ3n) is 6.54. The van der Waals surface area contributed by atoms with E-state index in [0.29, 0.717) is 45.8 Å². The van der Waals surface area contributed by atoms with Crippen LogP contribution in [-0.4, -0.2) is 22.3 Å². The van der Waals surface area contributed by atoms with Crippen molar-refractivity contribution >= 4 is 5.97 Å². The number of esters is 1. The first-order chi connectivity index (χ1) is 15.9. The SMILES string of the molecule is C#Cc1cc(CO)c(OCc2ccc(C(=O)O[C@H]3C[C@@H](C)CC[C@@H]3C(C)C)cc2)c(CO)c1. The molecule has 5 nitrogen and oxygen atoms in total. The molecule has 0 heterocycles. The Morgan fingerprint density at radius 3 is 2.30 bits per heavy atom. The summed E-state index contributed by atoms with van der Waals surface area (Å²) in [6.07, 6.45) is 8.61. The molecule has 2 aromatic carbocycles. The molecule has 1 aliphatic rings. The zero-order valence-corrected chi connectivity index (χ0v) is 19.7. The first-order valence-corrected chi connectivity index (χ1v) is 11.6. The van der Waals surface area contributed by atoms with E-state index in [9.17, 15) is 15.0 Å². The smallest absolute Gasteiger partial charge is 0.338 e. The molecule has 33 heavy (non-hydrogen) atoms. The third-order valence-corrected chi connectivity index (χ3v) is 6.54. The van der Waals surface area contributed by atoms with Crippen molar-refractivity contribution in [3.05, 3.63) is 64.2 Å². The maximum Gasteiger partial charge on any atom is 0.338 e. The maximum absolute atomic E-state index is 12.8. The van der Waals surface area contributed by atoms with Gasteiger partial charge in [-0.1, -0.05) is 45.2 Å². The Labute approximate surface area is 196 Å². The van der Waals surface area contributed by atoms with Crippen molar-refractivity contribution in [1.29, 1.82) is 0 Å². The van der Waals surface area contributed by atoms with Crippen LogP contribution in [0.1, 0.15) is 72.6 Å². The Hall–Kier alpha value is -2.81. The highest BCUT2D eigenvalue weighted by atomic mass is 16.5. The molecular weight excluding hydrogens is 416 g/mol. The van der Waals surface area contributed by atoms with Crippen LogP contribution in [0.5, 0.6) is 5.75 Å². The normalized spacial score (nSPS) is 20.3. The van der Waals surface area contributed by atoms with E-state index in [-0.39, 0.29) is 31.9 Å². The minimum atomic E-state index is -0.290. The molecule has 0 aliphatic heterocycles. The van der Waals surface area contributed by atoms with Gasteiger partial charge >= 0.3 is 5.97 Å². The summed E-state index contributed by atoms with van der Waals surface area (Å²) in [5.41, 5.74) is 2.99. The Kier molecular flexibility index (Phi) is 8.55. The van der Waals surface area contributed by atoms with Crippen molar-refractivity contribution < 1.29 is 24.5 Å². The van der Waals surface area contributed by atoms with Gasteiger partial charge < -0.3 is 19.7 Å². The standard InChI is InChI=1S/C28H34O5/c1-5-20-13-23(15-29)27(24(14-20)16-30)32-17-21-7-9-22(10-8-21)28(31)33-26-12-19(4)6-11-25(26)18(2)3/h1,7-10,13-14,18-19,25-26,29-30H,6,11-12,15-17H2,2-4H3/t19-,25+,26-/m0/s1. The molecule has 0 aromatic heterocycles. The summed E-state index contributed by atoms with van der Waals surface area (Å²) in [7, 11) is 0. The van der Waals surface area contributed by atoms with Gasteiger partial charge in [-0.2, -0.15) is 0 Å². The van der Waals surface area contributed by atoms with Gasteiger partial charge in [-0.3, -0.25) is 0 Å². The molecule has 176 valence electrons. The van der Waals surface area contributed by atoms with Crippen LogP contribution in [0.3, 0.4) is 0 Å². The second-order valence-corrected chi connectivity index (χ2v) is 9.34.